The number of aromatic nitrogens is 2. The maximum absolute atomic E-state index is 13.5. The van der Waals surface area contributed by atoms with Gasteiger partial charge in [-0.05, 0) is 55.7 Å². The van der Waals surface area contributed by atoms with Crippen LogP contribution in [0.3, 0.4) is 0 Å². The molecular formula is C24H28N4O4S. The number of hydrogen-bond donors (Lipinski definition) is 1. The normalized spacial score (nSPS) is 21.5. The molecule has 0 aromatic carbocycles. The van der Waals surface area contributed by atoms with Gasteiger partial charge in [0.15, 0.2) is 0 Å². The van der Waals surface area contributed by atoms with Gasteiger partial charge in [0.2, 0.25) is 5.91 Å². The van der Waals surface area contributed by atoms with Crippen LogP contribution >= 0.6 is 11.3 Å². The molecule has 2 aromatic heterocycles. The summed E-state index contributed by atoms with van der Waals surface area (Å²) in [4.78, 5) is 49.0. The third-order valence-electron chi connectivity index (χ3n) is 7.31. The van der Waals surface area contributed by atoms with Crippen LogP contribution in [-0.2, 0) is 33.8 Å². The van der Waals surface area contributed by atoms with Gasteiger partial charge in [-0.3, -0.25) is 24.4 Å². The predicted octanol–water partition coefficient (Wildman–Crippen LogP) is 2.93. The van der Waals surface area contributed by atoms with Gasteiger partial charge >= 0.3 is 5.97 Å². The van der Waals surface area contributed by atoms with Crippen molar-refractivity contribution in [2.45, 2.75) is 70.6 Å². The fourth-order valence-corrected chi connectivity index (χ4v) is 6.09. The van der Waals surface area contributed by atoms with Gasteiger partial charge in [-0.15, -0.1) is 11.3 Å². The maximum atomic E-state index is 13.5. The molecule has 1 N–H and O–H groups in total. The number of esters is 1. The maximum Gasteiger partial charge on any atom is 0.307 e. The van der Waals surface area contributed by atoms with Crippen LogP contribution in [0.5, 0.6) is 0 Å². The van der Waals surface area contributed by atoms with E-state index in [1.54, 1.807) is 11.7 Å². The minimum absolute atomic E-state index is 0.0222. The Bertz CT molecular complexity index is 1080. The zero-order valence-corrected chi connectivity index (χ0v) is 19.6. The first kappa shape index (κ1) is 22.0. The Morgan fingerprint density at radius 3 is 2.85 bits per heavy atom. The minimum atomic E-state index is -0.607. The van der Waals surface area contributed by atoms with Gasteiger partial charge < -0.3 is 15.0 Å². The minimum Gasteiger partial charge on any atom is -0.458 e. The van der Waals surface area contributed by atoms with Crippen LogP contribution in [0, 0.1) is 12.8 Å². The van der Waals surface area contributed by atoms with Gasteiger partial charge in [0.25, 0.3) is 5.91 Å². The smallest absolute Gasteiger partial charge is 0.307 e. The Morgan fingerprint density at radius 1 is 1.27 bits per heavy atom. The number of carbonyl (C=O) groups is 3. The van der Waals surface area contributed by atoms with E-state index < -0.39 is 5.60 Å². The largest absolute Gasteiger partial charge is 0.458 e. The number of hydrogen-bond acceptors (Lipinski definition) is 7. The standard InChI is InChI=1S/C24H28N4O4S/c1-15-18(11-27-22(30)20-12-25-14-33-20)17-5-8-28(13-16(17)10-26-15)23(31)19-9-21(29)32-24(19)6-3-2-4-7-24/h10,12,14,19H,2-9,11,13H2,1H3,(H,27,30)/t19-/m0/s1. The SMILES string of the molecule is Cc1ncc2c(c1CNC(=O)c1cncs1)CCN(C(=O)[C@@H]1CC(=O)OC13CCCCC3)C2. The molecule has 2 amide bonds. The highest BCUT2D eigenvalue weighted by Crippen LogP contribution is 2.45. The lowest BCUT2D eigenvalue weighted by molar-refractivity contribution is -0.156. The number of nitrogens with one attached hydrogen (secondary N) is 1. The van der Waals surface area contributed by atoms with Crippen LogP contribution in [0.1, 0.15) is 70.6 Å². The van der Waals surface area contributed by atoms with Gasteiger partial charge in [-0.25, -0.2) is 0 Å². The van der Waals surface area contributed by atoms with Crippen molar-refractivity contribution in [1.82, 2.24) is 20.2 Å². The fraction of sp³-hybridized carbons (Fsp3) is 0.542. The molecule has 5 rings (SSSR count). The van der Waals surface area contributed by atoms with Crippen molar-refractivity contribution in [3.63, 3.8) is 0 Å². The van der Waals surface area contributed by atoms with Crippen molar-refractivity contribution < 1.29 is 19.1 Å². The van der Waals surface area contributed by atoms with E-state index in [9.17, 15) is 14.4 Å². The zero-order valence-electron chi connectivity index (χ0n) is 18.8. The zero-order chi connectivity index (χ0) is 23.0. The van der Waals surface area contributed by atoms with E-state index in [0.717, 1.165) is 54.5 Å². The molecule has 174 valence electrons. The van der Waals surface area contributed by atoms with Crippen molar-refractivity contribution in [3.8, 4) is 0 Å². The van der Waals surface area contributed by atoms with Crippen LogP contribution in [0.15, 0.2) is 17.9 Å². The second-order valence-electron chi connectivity index (χ2n) is 9.24. The van der Waals surface area contributed by atoms with E-state index in [1.807, 2.05) is 18.0 Å². The van der Waals surface area contributed by atoms with Gasteiger partial charge in [0.1, 0.15) is 10.5 Å². The molecule has 0 radical (unpaired) electrons. The molecule has 9 heteroatoms. The van der Waals surface area contributed by atoms with Crippen molar-refractivity contribution in [2.75, 3.05) is 6.54 Å². The van der Waals surface area contributed by atoms with Crippen molar-refractivity contribution in [2.24, 2.45) is 5.92 Å². The average Bonchev–Trinajstić information content (AvgIpc) is 3.46. The Labute approximate surface area is 196 Å². The van der Waals surface area contributed by atoms with Crippen LogP contribution in [0.4, 0.5) is 0 Å². The quantitative estimate of drug-likeness (QED) is 0.693. The summed E-state index contributed by atoms with van der Waals surface area (Å²) in [5.74, 6) is -0.757. The number of amides is 2. The highest BCUT2D eigenvalue weighted by Gasteiger charge is 2.54. The summed E-state index contributed by atoms with van der Waals surface area (Å²) in [5, 5.41) is 2.97. The summed E-state index contributed by atoms with van der Waals surface area (Å²) < 4.78 is 5.76. The number of thiazole rings is 1. The van der Waals surface area contributed by atoms with Gasteiger partial charge in [-0.2, -0.15) is 0 Å². The van der Waals surface area contributed by atoms with E-state index >= 15 is 0 Å². The van der Waals surface area contributed by atoms with Crippen LogP contribution in [-0.4, -0.2) is 44.8 Å². The molecule has 1 saturated carbocycles. The van der Waals surface area contributed by atoms with Crippen molar-refractivity contribution in [3.05, 3.63) is 45.2 Å². The predicted molar refractivity (Wildman–Crippen MR) is 121 cm³/mol. The Hall–Kier alpha value is -2.81. The topological polar surface area (TPSA) is 101 Å². The van der Waals surface area contributed by atoms with E-state index in [4.69, 9.17) is 4.74 Å². The molecule has 33 heavy (non-hydrogen) atoms. The van der Waals surface area contributed by atoms with Crippen molar-refractivity contribution >= 4 is 29.1 Å². The summed E-state index contributed by atoms with van der Waals surface area (Å²) in [5.41, 5.74) is 5.09. The summed E-state index contributed by atoms with van der Waals surface area (Å²) in [6.45, 7) is 3.39. The molecule has 2 fully saturated rings. The summed E-state index contributed by atoms with van der Waals surface area (Å²) in [6.07, 6.45) is 8.97. The van der Waals surface area contributed by atoms with Gasteiger partial charge in [0.05, 0.1) is 24.0 Å². The first-order valence-electron chi connectivity index (χ1n) is 11.6. The molecule has 1 aliphatic carbocycles. The van der Waals surface area contributed by atoms with E-state index in [-0.39, 0.29) is 30.1 Å². The Kier molecular flexibility index (Phi) is 5.90. The molecule has 0 unspecified atom stereocenters. The Morgan fingerprint density at radius 2 is 2.09 bits per heavy atom. The van der Waals surface area contributed by atoms with Gasteiger partial charge in [-0.1, -0.05) is 6.42 Å². The summed E-state index contributed by atoms with van der Waals surface area (Å²) in [6, 6.07) is 0. The van der Waals surface area contributed by atoms with Crippen molar-refractivity contribution in [1.29, 1.82) is 0 Å². The number of fused-ring (bicyclic) bond motifs is 1. The molecule has 8 nitrogen and oxygen atoms in total. The van der Waals surface area contributed by atoms with Crippen LogP contribution in [0.25, 0.3) is 0 Å². The number of carbonyl (C=O) groups excluding carboxylic acids is 3. The summed E-state index contributed by atoms with van der Waals surface area (Å²) in [7, 11) is 0. The molecule has 2 aliphatic heterocycles. The lowest BCUT2D eigenvalue weighted by Crippen LogP contribution is -2.48. The number of nitrogens with zero attached hydrogens (tertiary/aromatic N) is 3. The second-order valence-corrected chi connectivity index (χ2v) is 10.1. The van der Waals surface area contributed by atoms with Crippen LogP contribution < -0.4 is 5.32 Å². The number of aryl methyl sites for hydroxylation is 1. The molecule has 1 saturated heterocycles. The molecule has 2 aromatic rings. The molecule has 1 spiro atoms. The monoisotopic (exact) mass is 468 g/mol. The highest BCUT2D eigenvalue weighted by molar-refractivity contribution is 7.11. The molecule has 0 bridgehead atoms. The van der Waals surface area contributed by atoms with Crippen LogP contribution in [0.2, 0.25) is 0 Å². The lowest BCUT2D eigenvalue weighted by Gasteiger charge is -2.39. The van der Waals surface area contributed by atoms with E-state index in [2.05, 4.69) is 15.3 Å². The summed E-state index contributed by atoms with van der Waals surface area (Å²) >= 11 is 1.31. The molecule has 4 heterocycles. The first-order valence-corrected chi connectivity index (χ1v) is 12.5. The second kappa shape index (κ2) is 8.85. The van der Waals surface area contributed by atoms with Gasteiger partial charge in [0, 0.05) is 31.5 Å². The third-order valence-corrected chi connectivity index (χ3v) is 8.08. The Balaban J connectivity index is 1.32. The number of ether oxygens (including phenoxy) is 1. The van der Waals surface area contributed by atoms with E-state index in [1.165, 1.54) is 11.3 Å². The first-order chi connectivity index (χ1) is 16.0. The number of rotatable bonds is 4. The molecule has 3 aliphatic rings. The fourth-order valence-electron chi connectivity index (χ4n) is 5.55. The lowest BCUT2D eigenvalue weighted by atomic mass is 9.75. The highest BCUT2D eigenvalue weighted by atomic mass is 32.1. The van der Waals surface area contributed by atoms with E-state index in [0.29, 0.717) is 30.9 Å². The molecular weight excluding hydrogens is 440 g/mol. The average molecular weight is 469 g/mol. The number of pyridine rings is 1. The third kappa shape index (κ3) is 4.14. The molecule has 1 atom stereocenters.